The maximum Gasteiger partial charge on any atom is 0.185 e. The highest BCUT2D eigenvalue weighted by Crippen LogP contribution is 2.22. The first-order valence-electron chi connectivity index (χ1n) is 6.91. The van der Waals surface area contributed by atoms with Gasteiger partial charge < -0.3 is 0 Å². The molecule has 0 saturated heterocycles. The number of aromatic nitrogens is 1. The van der Waals surface area contributed by atoms with Crippen LogP contribution in [0.1, 0.15) is 48.0 Å². The van der Waals surface area contributed by atoms with E-state index in [0.717, 1.165) is 11.1 Å². The van der Waals surface area contributed by atoms with Crippen molar-refractivity contribution in [2.75, 3.05) is 0 Å². The fraction of sp³-hybridized carbons (Fsp3) is 0.333. The van der Waals surface area contributed by atoms with Crippen molar-refractivity contribution in [3.05, 3.63) is 65.0 Å². The zero-order valence-electron chi connectivity index (χ0n) is 12.6. The average molecular weight is 267 g/mol. The summed E-state index contributed by atoms with van der Waals surface area (Å²) >= 11 is 0. The molecule has 0 fully saturated rings. The summed E-state index contributed by atoms with van der Waals surface area (Å²) in [5.41, 5.74) is 4.06. The minimum atomic E-state index is 0.0669. The molecule has 0 aliphatic heterocycles. The molecule has 0 saturated carbocycles. The normalized spacial score (nSPS) is 11.4. The molecule has 0 N–H and O–H groups in total. The molecule has 2 heteroatoms. The smallest absolute Gasteiger partial charge is 0.185 e. The summed E-state index contributed by atoms with van der Waals surface area (Å²) in [4.78, 5) is 16.3. The number of carbonyl (C=O) groups is 1. The Balaban J connectivity index is 2.12. The second-order valence-corrected chi connectivity index (χ2v) is 6.27. The fourth-order valence-corrected chi connectivity index (χ4v) is 2.09. The minimum Gasteiger partial charge on any atom is -0.292 e. The molecule has 0 unspecified atom stereocenters. The Kier molecular flexibility index (Phi) is 4.03. The van der Waals surface area contributed by atoms with Gasteiger partial charge in [-0.2, -0.15) is 0 Å². The standard InChI is InChI=1S/C18H21NO/c1-13-9-10-19-16(11-13)17(20)12-14-5-7-15(8-6-14)18(2,3)4/h5-11H,12H2,1-4H3. The largest absolute Gasteiger partial charge is 0.292 e. The number of hydrogen-bond donors (Lipinski definition) is 0. The van der Waals surface area contributed by atoms with Crippen LogP contribution < -0.4 is 0 Å². The number of hydrogen-bond acceptors (Lipinski definition) is 2. The van der Waals surface area contributed by atoms with E-state index in [-0.39, 0.29) is 11.2 Å². The number of rotatable bonds is 3. The van der Waals surface area contributed by atoms with E-state index in [1.165, 1.54) is 5.56 Å². The van der Waals surface area contributed by atoms with Gasteiger partial charge in [-0.05, 0) is 41.2 Å². The fourth-order valence-electron chi connectivity index (χ4n) is 2.09. The van der Waals surface area contributed by atoms with E-state index in [2.05, 4.69) is 37.9 Å². The predicted octanol–water partition coefficient (Wildman–Crippen LogP) is 4.11. The minimum absolute atomic E-state index is 0.0669. The molecule has 0 bridgehead atoms. The van der Waals surface area contributed by atoms with E-state index >= 15 is 0 Å². The molecule has 1 aromatic heterocycles. The third-order valence-electron chi connectivity index (χ3n) is 3.39. The van der Waals surface area contributed by atoms with Crippen LogP contribution in [0.2, 0.25) is 0 Å². The number of nitrogens with zero attached hydrogens (tertiary/aromatic N) is 1. The first-order chi connectivity index (χ1) is 9.36. The van der Waals surface area contributed by atoms with E-state index in [0.29, 0.717) is 12.1 Å². The van der Waals surface area contributed by atoms with Gasteiger partial charge in [-0.3, -0.25) is 9.78 Å². The predicted molar refractivity (Wildman–Crippen MR) is 82.2 cm³/mol. The lowest BCUT2D eigenvalue weighted by molar-refractivity contribution is 0.0988. The highest BCUT2D eigenvalue weighted by atomic mass is 16.1. The summed E-state index contributed by atoms with van der Waals surface area (Å²) in [5.74, 6) is 0.0669. The molecule has 2 nitrogen and oxygen atoms in total. The van der Waals surface area contributed by atoms with Crippen molar-refractivity contribution >= 4 is 5.78 Å². The van der Waals surface area contributed by atoms with Gasteiger partial charge in [0, 0.05) is 12.6 Å². The summed E-state index contributed by atoms with van der Waals surface area (Å²) in [6.07, 6.45) is 2.09. The van der Waals surface area contributed by atoms with Crippen molar-refractivity contribution in [3.8, 4) is 0 Å². The maximum absolute atomic E-state index is 12.2. The summed E-state index contributed by atoms with van der Waals surface area (Å²) < 4.78 is 0. The van der Waals surface area contributed by atoms with Crippen LogP contribution in [0.5, 0.6) is 0 Å². The van der Waals surface area contributed by atoms with Gasteiger partial charge in [0.1, 0.15) is 5.69 Å². The van der Waals surface area contributed by atoms with Crippen molar-refractivity contribution in [3.63, 3.8) is 0 Å². The van der Waals surface area contributed by atoms with Gasteiger partial charge >= 0.3 is 0 Å². The maximum atomic E-state index is 12.2. The van der Waals surface area contributed by atoms with Gasteiger partial charge in [0.15, 0.2) is 5.78 Å². The van der Waals surface area contributed by atoms with Gasteiger partial charge in [-0.25, -0.2) is 0 Å². The second-order valence-electron chi connectivity index (χ2n) is 6.27. The van der Waals surface area contributed by atoms with Gasteiger partial charge in [-0.15, -0.1) is 0 Å². The van der Waals surface area contributed by atoms with Crippen LogP contribution in [0, 0.1) is 6.92 Å². The lowest BCUT2D eigenvalue weighted by Crippen LogP contribution is -2.11. The molecule has 0 aliphatic rings. The lowest BCUT2D eigenvalue weighted by Gasteiger charge is -2.19. The van der Waals surface area contributed by atoms with Gasteiger partial charge in [0.2, 0.25) is 0 Å². The van der Waals surface area contributed by atoms with Crippen LogP contribution in [-0.2, 0) is 11.8 Å². The molecular weight excluding hydrogens is 246 g/mol. The number of carbonyl (C=O) groups excluding carboxylic acids is 1. The third kappa shape index (κ3) is 3.53. The van der Waals surface area contributed by atoms with Crippen LogP contribution in [0.3, 0.4) is 0 Å². The zero-order valence-corrected chi connectivity index (χ0v) is 12.6. The molecule has 0 spiro atoms. The summed E-state index contributed by atoms with van der Waals surface area (Å²) in [7, 11) is 0. The first-order valence-corrected chi connectivity index (χ1v) is 6.91. The van der Waals surface area contributed by atoms with Gasteiger partial charge in [0.05, 0.1) is 0 Å². The molecule has 1 heterocycles. The first kappa shape index (κ1) is 14.4. The molecule has 2 rings (SSSR count). The lowest BCUT2D eigenvalue weighted by atomic mass is 9.86. The van der Waals surface area contributed by atoms with Crippen molar-refractivity contribution in [1.82, 2.24) is 4.98 Å². The molecule has 0 aliphatic carbocycles. The van der Waals surface area contributed by atoms with Crippen molar-refractivity contribution in [2.24, 2.45) is 0 Å². The molecule has 0 radical (unpaired) electrons. The van der Waals surface area contributed by atoms with Crippen molar-refractivity contribution in [2.45, 2.75) is 39.5 Å². The number of ketones is 1. The molecule has 0 atom stereocenters. The van der Waals surface area contributed by atoms with E-state index < -0.39 is 0 Å². The molecular formula is C18H21NO. The van der Waals surface area contributed by atoms with Crippen LogP contribution in [0.15, 0.2) is 42.6 Å². The molecule has 20 heavy (non-hydrogen) atoms. The van der Waals surface area contributed by atoms with E-state index in [1.54, 1.807) is 6.20 Å². The average Bonchev–Trinajstić information content (AvgIpc) is 2.38. The van der Waals surface area contributed by atoms with Crippen molar-refractivity contribution < 1.29 is 4.79 Å². The van der Waals surface area contributed by atoms with Crippen LogP contribution >= 0.6 is 0 Å². The molecule has 104 valence electrons. The second kappa shape index (κ2) is 5.58. The monoisotopic (exact) mass is 267 g/mol. The topological polar surface area (TPSA) is 30.0 Å². The molecule has 0 amide bonds. The summed E-state index contributed by atoms with van der Waals surface area (Å²) in [5, 5.41) is 0. The number of Topliss-reactive ketones (excluding diaryl/α,β-unsaturated/α-hetero) is 1. The van der Waals surface area contributed by atoms with Gasteiger partial charge in [0.25, 0.3) is 0 Å². The van der Waals surface area contributed by atoms with Gasteiger partial charge in [-0.1, -0.05) is 45.0 Å². The zero-order chi connectivity index (χ0) is 14.8. The van der Waals surface area contributed by atoms with Crippen LogP contribution in [-0.4, -0.2) is 10.8 Å². The number of benzene rings is 1. The summed E-state index contributed by atoms with van der Waals surface area (Å²) in [6, 6.07) is 12.0. The quantitative estimate of drug-likeness (QED) is 0.783. The van der Waals surface area contributed by atoms with E-state index in [1.807, 2.05) is 31.2 Å². The Hall–Kier alpha value is -1.96. The van der Waals surface area contributed by atoms with E-state index in [4.69, 9.17) is 0 Å². The molecule has 2 aromatic rings. The highest BCUT2D eigenvalue weighted by Gasteiger charge is 2.14. The Morgan fingerprint density at radius 1 is 1.10 bits per heavy atom. The highest BCUT2D eigenvalue weighted by molar-refractivity contribution is 5.95. The third-order valence-corrected chi connectivity index (χ3v) is 3.39. The Morgan fingerprint density at radius 2 is 1.75 bits per heavy atom. The summed E-state index contributed by atoms with van der Waals surface area (Å²) in [6.45, 7) is 8.52. The Morgan fingerprint density at radius 3 is 2.30 bits per heavy atom. The van der Waals surface area contributed by atoms with Crippen molar-refractivity contribution in [1.29, 1.82) is 0 Å². The van der Waals surface area contributed by atoms with E-state index in [9.17, 15) is 4.79 Å². The SMILES string of the molecule is Cc1ccnc(C(=O)Cc2ccc(C(C)(C)C)cc2)c1. The number of aryl methyl sites for hydroxylation is 1. The number of pyridine rings is 1. The Bertz CT molecular complexity index is 606. The Labute approximate surface area is 120 Å². The molecule has 1 aromatic carbocycles. The van der Waals surface area contributed by atoms with Crippen LogP contribution in [0.25, 0.3) is 0 Å². The van der Waals surface area contributed by atoms with Crippen LogP contribution in [0.4, 0.5) is 0 Å².